The molecule has 104 valence electrons. The lowest BCUT2D eigenvalue weighted by Gasteiger charge is -2.24. The number of hydrogen-bond acceptors (Lipinski definition) is 3. The average molecular weight is 406 g/mol. The number of carbonyl (C=O) groups is 1. The molecule has 1 amide bonds. The van der Waals surface area contributed by atoms with Crippen molar-refractivity contribution >= 4 is 73.6 Å². The van der Waals surface area contributed by atoms with Gasteiger partial charge in [0.1, 0.15) is 5.37 Å². The first-order chi connectivity index (χ1) is 8.70. The second-order valence-electron chi connectivity index (χ2n) is 3.38. The monoisotopic (exact) mass is 403 g/mol. The highest BCUT2D eigenvalue weighted by Gasteiger charge is 2.35. The van der Waals surface area contributed by atoms with E-state index in [-0.39, 0.29) is 5.17 Å². The fourth-order valence-electron chi connectivity index (χ4n) is 1.11. The summed E-state index contributed by atoms with van der Waals surface area (Å²) in [7, 11) is 0. The van der Waals surface area contributed by atoms with Crippen LogP contribution in [0.3, 0.4) is 0 Å². The van der Waals surface area contributed by atoms with Crippen molar-refractivity contribution in [3.8, 4) is 0 Å². The first kappa shape index (κ1) is 16.9. The van der Waals surface area contributed by atoms with E-state index in [1.165, 1.54) is 0 Å². The second kappa shape index (κ2) is 7.04. The van der Waals surface area contributed by atoms with Crippen molar-refractivity contribution in [2.75, 3.05) is 0 Å². The summed E-state index contributed by atoms with van der Waals surface area (Å²) in [4.78, 5) is 12.0. The molecule has 1 unspecified atom stereocenters. The maximum atomic E-state index is 12.0. The van der Waals surface area contributed by atoms with E-state index < -0.39 is 15.1 Å². The summed E-state index contributed by atoms with van der Waals surface area (Å²) in [5.74, 6) is -0.419. The molecule has 1 rings (SSSR count). The van der Waals surface area contributed by atoms with Crippen LogP contribution in [0, 0.1) is 5.41 Å². The topological polar surface area (TPSA) is 79.0 Å². The van der Waals surface area contributed by atoms with Crippen LogP contribution in [0.15, 0.2) is 28.7 Å². The molecule has 0 aliphatic carbocycles. The number of amidine groups is 1. The second-order valence-corrected chi connectivity index (χ2v) is 7.82. The SMILES string of the molecule is N=C(N)SC(NC(=O)c1ccc(Br)cc1)C(Cl)(Cl)Cl. The third kappa shape index (κ3) is 5.79. The predicted octanol–water partition coefficient (Wildman–Crippen LogP) is 3.50. The van der Waals surface area contributed by atoms with Crippen molar-refractivity contribution in [3.05, 3.63) is 34.3 Å². The molecule has 0 aromatic heterocycles. The van der Waals surface area contributed by atoms with Gasteiger partial charge in [0.25, 0.3) is 5.91 Å². The first-order valence-corrected chi connectivity index (χ1v) is 7.64. The lowest BCUT2D eigenvalue weighted by atomic mass is 10.2. The van der Waals surface area contributed by atoms with Gasteiger partial charge in [0.05, 0.1) is 0 Å². The van der Waals surface area contributed by atoms with Crippen LogP contribution in [-0.2, 0) is 0 Å². The summed E-state index contributed by atoms with van der Waals surface area (Å²) >= 11 is 21.2. The number of hydrogen-bond donors (Lipinski definition) is 3. The van der Waals surface area contributed by atoms with E-state index in [9.17, 15) is 4.79 Å². The van der Waals surface area contributed by atoms with Gasteiger partial charge in [0.2, 0.25) is 3.79 Å². The molecule has 0 aliphatic rings. The molecule has 0 radical (unpaired) electrons. The summed E-state index contributed by atoms with van der Waals surface area (Å²) < 4.78 is -0.929. The Kier molecular flexibility index (Phi) is 6.26. The zero-order valence-electron chi connectivity index (χ0n) is 9.29. The normalized spacial score (nSPS) is 12.8. The molecule has 0 saturated carbocycles. The zero-order valence-corrected chi connectivity index (χ0v) is 14.0. The Balaban J connectivity index is 2.81. The van der Waals surface area contributed by atoms with Crippen molar-refractivity contribution in [2.24, 2.45) is 5.73 Å². The minimum Gasteiger partial charge on any atom is -0.379 e. The number of nitrogens with two attached hydrogens (primary N) is 1. The number of carbonyl (C=O) groups excluding carboxylic acids is 1. The molecule has 4 nitrogen and oxygen atoms in total. The molecular formula is C10H9BrCl3N3OS. The third-order valence-corrected chi connectivity index (χ3v) is 4.44. The Morgan fingerprint density at radius 3 is 2.32 bits per heavy atom. The summed E-state index contributed by atoms with van der Waals surface area (Å²) in [5, 5.41) is 8.50. The molecule has 9 heteroatoms. The van der Waals surface area contributed by atoms with Gasteiger partial charge >= 0.3 is 0 Å². The van der Waals surface area contributed by atoms with E-state index in [0.717, 1.165) is 16.2 Å². The molecule has 1 aromatic carbocycles. The molecule has 1 atom stereocenters. The van der Waals surface area contributed by atoms with Gasteiger partial charge in [-0.25, -0.2) is 0 Å². The summed E-state index contributed by atoms with van der Waals surface area (Å²) in [6, 6.07) is 6.68. The Hall–Kier alpha value is -0.140. The van der Waals surface area contributed by atoms with Gasteiger partial charge in [0, 0.05) is 10.0 Å². The fourth-order valence-corrected chi connectivity index (χ4v) is 2.49. The molecule has 19 heavy (non-hydrogen) atoms. The minimum atomic E-state index is -1.78. The highest BCUT2D eigenvalue weighted by Crippen LogP contribution is 2.36. The van der Waals surface area contributed by atoms with Crippen molar-refractivity contribution in [2.45, 2.75) is 9.17 Å². The molecule has 0 heterocycles. The molecule has 4 N–H and O–H groups in total. The van der Waals surface area contributed by atoms with Crippen LogP contribution < -0.4 is 11.1 Å². The van der Waals surface area contributed by atoms with E-state index in [2.05, 4.69) is 21.2 Å². The molecule has 0 saturated heterocycles. The summed E-state index contributed by atoms with van der Waals surface area (Å²) in [6.07, 6.45) is 0. The van der Waals surface area contributed by atoms with E-state index in [1.54, 1.807) is 24.3 Å². The van der Waals surface area contributed by atoms with Crippen molar-refractivity contribution < 1.29 is 4.79 Å². The lowest BCUT2D eigenvalue weighted by Crippen LogP contribution is -2.42. The lowest BCUT2D eigenvalue weighted by molar-refractivity contribution is 0.0950. The molecular weight excluding hydrogens is 396 g/mol. The number of amides is 1. The number of benzene rings is 1. The number of alkyl halides is 3. The summed E-state index contributed by atoms with van der Waals surface area (Å²) in [6.45, 7) is 0. The molecule has 0 bridgehead atoms. The van der Waals surface area contributed by atoms with Gasteiger partial charge in [-0.2, -0.15) is 0 Å². The Morgan fingerprint density at radius 1 is 1.37 bits per heavy atom. The van der Waals surface area contributed by atoms with Gasteiger partial charge in [0.15, 0.2) is 5.17 Å². The van der Waals surface area contributed by atoms with Crippen LogP contribution in [0.1, 0.15) is 10.4 Å². The van der Waals surface area contributed by atoms with Crippen molar-refractivity contribution in [1.29, 1.82) is 5.41 Å². The average Bonchev–Trinajstić information content (AvgIpc) is 2.27. The van der Waals surface area contributed by atoms with Gasteiger partial charge in [-0.1, -0.05) is 62.5 Å². The van der Waals surface area contributed by atoms with Gasteiger partial charge in [-0.05, 0) is 24.3 Å². The Labute approximate surface area is 138 Å². The van der Waals surface area contributed by atoms with Crippen LogP contribution in [0.4, 0.5) is 0 Å². The maximum absolute atomic E-state index is 12.0. The predicted molar refractivity (Wildman–Crippen MR) is 85.2 cm³/mol. The van der Waals surface area contributed by atoms with Crippen LogP contribution in [0.5, 0.6) is 0 Å². The Morgan fingerprint density at radius 2 is 1.89 bits per heavy atom. The van der Waals surface area contributed by atoms with Gasteiger partial charge in [-0.3, -0.25) is 10.2 Å². The van der Waals surface area contributed by atoms with Crippen molar-refractivity contribution in [1.82, 2.24) is 5.32 Å². The Bertz CT molecular complexity index is 478. The first-order valence-electron chi connectivity index (χ1n) is 4.84. The largest absolute Gasteiger partial charge is 0.379 e. The molecule has 0 spiro atoms. The number of halogens is 4. The van der Waals surface area contributed by atoms with E-state index in [4.69, 9.17) is 45.9 Å². The highest BCUT2D eigenvalue weighted by atomic mass is 79.9. The quantitative estimate of drug-likeness (QED) is 0.312. The fraction of sp³-hybridized carbons (Fsp3) is 0.200. The standard InChI is InChI=1S/C10H9BrCl3N3OS/c11-6-3-1-5(2-4-6)7(18)17-8(10(12,13)14)19-9(15)16/h1-4,8H,(H3,15,16)(H,17,18). The van der Waals surface area contributed by atoms with E-state index >= 15 is 0 Å². The van der Waals surface area contributed by atoms with Gasteiger partial charge < -0.3 is 11.1 Å². The minimum absolute atomic E-state index is 0.257. The van der Waals surface area contributed by atoms with Crippen LogP contribution >= 0.6 is 62.5 Å². The number of thioether (sulfide) groups is 1. The van der Waals surface area contributed by atoms with Crippen LogP contribution in [-0.4, -0.2) is 20.2 Å². The zero-order chi connectivity index (χ0) is 14.6. The molecule has 1 aromatic rings. The van der Waals surface area contributed by atoms with Gasteiger partial charge in [-0.15, -0.1) is 0 Å². The molecule has 0 fully saturated rings. The van der Waals surface area contributed by atoms with Crippen molar-refractivity contribution in [3.63, 3.8) is 0 Å². The maximum Gasteiger partial charge on any atom is 0.252 e. The van der Waals surface area contributed by atoms with Crippen LogP contribution in [0.2, 0.25) is 0 Å². The summed E-state index contributed by atoms with van der Waals surface area (Å²) in [5.41, 5.74) is 5.65. The third-order valence-electron chi connectivity index (χ3n) is 1.91. The number of rotatable bonds is 3. The van der Waals surface area contributed by atoms with E-state index in [0.29, 0.717) is 5.56 Å². The number of nitrogens with one attached hydrogen (secondary N) is 2. The van der Waals surface area contributed by atoms with Crippen LogP contribution in [0.25, 0.3) is 0 Å². The molecule has 0 aliphatic heterocycles. The highest BCUT2D eigenvalue weighted by molar-refractivity contribution is 9.10. The smallest absolute Gasteiger partial charge is 0.252 e. The van der Waals surface area contributed by atoms with E-state index in [1.807, 2.05) is 0 Å².